The molecule has 134 valence electrons. The van der Waals surface area contributed by atoms with E-state index in [0.29, 0.717) is 24.9 Å². The zero-order chi connectivity index (χ0) is 17.2. The molecule has 2 aliphatic carbocycles. The van der Waals surface area contributed by atoms with Crippen molar-refractivity contribution < 1.29 is 9.59 Å². The Morgan fingerprint density at radius 1 is 0.920 bits per heavy atom. The molecule has 5 nitrogen and oxygen atoms in total. The Balaban J connectivity index is 1.36. The van der Waals surface area contributed by atoms with Crippen LogP contribution in [0.2, 0.25) is 0 Å². The van der Waals surface area contributed by atoms with Gasteiger partial charge in [-0.15, -0.1) is 0 Å². The molecule has 0 bridgehead atoms. The molecule has 4 rings (SSSR count). The molecule has 3 aliphatic rings. The molecule has 0 unspecified atom stereocenters. The number of rotatable bonds is 4. The number of nitrogens with one attached hydrogen (secondary N) is 1. The van der Waals surface area contributed by atoms with Crippen LogP contribution >= 0.6 is 0 Å². The lowest BCUT2D eigenvalue weighted by molar-refractivity contribution is -0.132. The number of nitrogens with zero attached hydrogens (tertiary/aromatic N) is 2. The second-order valence-corrected chi connectivity index (χ2v) is 7.62. The predicted octanol–water partition coefficient (Wildman–Crippen LogP) is 2.79. The number of amides is 3. The number of benzene rings is 1. The summed E-state index contributed by atoms with van der Waals surface area (Å²) in [7, 11) is 0. The van der Waals surface area contributed by atoms with Crippen LogP contribution in [0.3, 0.4) is 0 Å². The van der Waals surface area contributed by atoms with Gasteiger partial charge in [0.15, 0.2) is 0 Å². The van der Waals surface area contributed by atoms with Crippen molar-refractivity contribution in [2.75, 3.05) is 26.2 Å². The lowest BCUT2D eigenvalue weighted by Gasteiger charge is -2.26. The lowest BCUT2D eigenvalue weighted by Crippen LogP contribution is -2.44. The van der Waals surface area contributed by atoms with Gasteiger partial charge in [-0.25, -0.2) is 4.79 Å². The van der Waals surface area contributed by atoms with E-state index in [1.165, 1.54) is 18.4 Å². The summed E-state index contributed by atoms with van der Waals surface area (Å²) in [4.78, 5) is 28.9. The van der Waals surface area contributed by atoms with Crippen LogP contribution in [0.5, 0.6) is 0 Å². The third-order valence-electron chi connectivity index (χ3n) is 5.55. The molecule has 3 amide bonds. The van der Waals surface area contributed by atoms with E-state index in [9.17, 15) is 9.59 Å². The highest BCUT2D eigenvalue weighted by molar-refractivity contribution is 5.81. The molecule has 5 heteroatoms. The zero-order valence-corrected chi connectivity index (χ0v) is 14.7. The molecule has 1 aliphatic heterocycles. The Morgan fingerprint density at radius 3 is 2.28 bits per heavy atom. The highest BCUT2D eigenvalue weighted by atomic mass is 16.2. The average Bonchev–Trinajstić information content (AvgIpc) is 3.53. The van der Waals surface area contributed by atoms with Crippen LogP contribution in [0.25, 0.3) is 0 Å². The van der Waals surface area contributed by atoms with Gasteiger partial charge in [-0.05, 0) is 43.6 Å². The van der Waals surface area contributed by atoms with E-state index in [2.05, 4.69) is 17.4 Å². The summed E-state index contributed by atoms with van der Waals surface area (Å²) in [6.07, 6.45) is 5.32. The highest BCUT2D eigenvalue weighted by Gasteiger charge is 2.36. The van der Waals surface area contributed by atoms with Crippen molar-refractivity contribution in [2.45, 2.75) is 38.1 Å². The minimum Gasteiger partial charge on any atom is -0.341 e. The largest absolute Gasteiger partial charge is 0.341 e. The minimum absolute atomic E-state index is 0.0153. The van der Waals surface area contributed by atoms with E-state index < -0.39 is 0 Å². The number of carbonyl (C=O) groups is 2. The monoisotopic (exact) mass is 341 g/mol. The Labute approximate surface area is 149 Å². The fraction of sp³-hybridized carbons (Fsp3) is 0.600. The van der Waals surface area contributed by atoms with Crippen LogP contribution in [0.4, 0.5) is 4.79 Å². The molecule has 1 saturated heterocycles. The van der Waals surface area contributed by atoms with Gasteiger partial charge >= 0.3 is 6.03 Å². The minimum atomic E-state index is 0.0153. The first-order valence-corrected chi connectivity index (χ1v) is 9.61. The van der Waals surface area contributed by atoms with Crippen molar-refractivity contribution in [3.8, 4) is 0 Å². The summed E-state index contributed by atoms with van der Waals surface area (Å²) in [6, 6.07) is 10.4. The van der Waals surface area contributed by atoms with Gasteiger partial charge in [0.05, 0.1) is 6.04 Å². The standard InChI is InChI=1S/C20H27N3O2/c24-19(17-9-10-17)22-11-4-12-23(14-13-22)20(25)21-18(16-7-8-16)15-5-2-1-3-6-15/h1-3,5-6,16-18H,4,7-14H2,(H,21,25)/t18-/m1/s1. The van der Waals surface area contributed by atoms with E-state index in [1.807, 2.05) is 28.0 Å². The van der Waals surface area contributed by atoms with Crippen LogP contribution < -0.4 is 5.32 Å². The van der Waals surface area contributed by atoms with Gasteiger partial charge in [-0.1, -0.05) is 30.3 Å². The maximum atomic E-state index is 12.8. The molecule has 0 spiro atoms. The third kappa shape index (κ3) is 3.97. The summed E-state index contributed by atoms with van der Waals surface area (Å²) < 4.78 is 0. The molecule has 0 radical (unpaired) electrons. The van der Waals surface area contributed by atoms with Crippen molar-refractivity contribution in [2.24, 2.45) is 11.8 Å². The zero-order valence-electron chi connectivity index (χ0n) is 14.7. The van der Waals surface area contributed by atoms with Crippen molar-refractivity contribution >= 4 is 11.9 Å². The normalized spacial score (nSPS) is 22.2. The van der Waals surface area contributed by atoms with Crippen LogP contribution in [0.1, 0.15) is 43.7 Å². The van der Waals surface area contributed by atoms with Crippen LogP contribution in [-0.2, 0) is 4.79 Å². The van der Waals surface area contributed by atoms with Crippen LogP contribution in [0, 0.1) is 11.8 Å². The molecule has 1 heterocycles. The smallest absolute Gasteiger partial charge is 0.317 e. The summed E-state index contributed by atoms with van der Waals surface area (Å²) in [5.74, 6) is 1.12. The molecule has 0 aromatic heterocycles. The molecule has 25 heavy (non-hydrogen) atoms. The third-order valence-corrected chi connectivity index (χ3v) is 5.55. The fourth-order valence-electron chi connectivity index (χ4n) is 3.72. The molecule has 1 N–H and O–H groups in total. The summed E-state index contributed by atoms with van der Waals surface area (Å²) in [5, 5.41) is 3.26. The molecule has 2 saturated carbocycles. The first-order valence-electron chi connectivity index (χ1n) is 9.61. The second-order valence-electron chi connectivity index (χ2n) is 7.62. The van der Waals surface area contributed by atoms with E-state index >= 15 is 0 Å². The molecule has 1 atom stereocenters. The Morgan fingerprint density at radius 2 is 1.60 bits per heavy atom. The van der Waals surface area contributed by atoms with Gasteiger partial charge in [0.2, 0.25) is 5.91 Å². The number of hydrogen-bond donors (Lipinski definition) is 1. The maximum absolute atomic E-state index is 12.8. The average molecular weight is 341 g/mol. The number of hydrogen-bond acceptors (Lipinski definition) is 2. The Kier molecular flexibility index (Phi) is 4.64. The van der Waals surface area contributed by atoms with Gasteiger partial charge < -0.3 is 15.1 Å². The molecule has 1 aromatic carbocycles. The van der Waals surface area contributed by atoms with Gasteiger partial charge in [0.1, 0.15) is 0 Å². The molecule has 3 fully saturated rings. The van der Waals surface area contributed by atoms with E-state index in [4.69, 9.17) is 0 Å². The van der Waals surface area contributed by atoms with E-state index in [0.717, 1.165) is 32.4 Å². The second kappa shape index (κ2) is 7.06. The first kappa shape index (κ1) is 16.4. The van der Waals surface area contributed by atoms with Crippen molar-refractivity contribution in [1.29, 1.82) is 0 Å². The Bertz CT molecular complexity index is 625. The quantitative estimate of drug-likeness (QED) is 0.915. The van der Waals surface area contributed by atoms with Gasteiger partial charge in [0.25, 0.3) is 0 Å². The Hall–Kier alpha value is -2.04. The summed E-state index contributed by atoms with van der Waals surface area (Å²) >= 11 is 0. The first-order chi connectivity index (χ1) is 12.2. The van der Waals surface area contributed by atoms with Gasteiger partial charge in [0, 0.05) is 32.1 Å². The van der Waals surface area contributed by atoms with Crippen LogP contribution in [0.15, 0.2) is 30.3 Å². The summed E-state index contributed by atoms with van der Waals surface area (Å²) in [5.41, 5.74) is 1.19. The SMILES string of the molecule is O=C(N[C@H](c1ccccc1)C1CC1)N1CCCN(C(=O)C2CC2)CC1. The molecular formula is C20H27N3O2. The van der Waals surface area contributed by atoms with E-state index in [1.54, 1.807) is 0 Å². The van der Waals surface area contributed by atoms with Gasteiger partial charge in [-0.2, -0.15) is 0 Å². The molecular weight excluding hydrogens is 314 g/mol. The predicted molar refractivity (Wildman–Crippen MR) is 95.9 cm³/mol. The van der Waals surface area contributed by atoms with Crippen LogP contribution in [-0.4, -0.2) is 47.9 Å². The molecule has 1 aromatic rings. The highest BCUT2D eigenvalue weighted by Crippen LogP contribution is 2.41. The van der Waals surface area contributed by atoms with Crippen molar-refractivity contribution in [1.82, 2.24) is 15.1 Å². The number of urea groups is 1. The van der Waals surface area contributed by atoms with E-state index in [-0.39, 0.29) is 18.0 Å². The topological polar surface area (TPSA) is 52.7 Å². The lowest BCUT2D eigenvalue weighted by atomic mass is 10.0. The van der Waals surface area contributed by atoms with Crippen molar-refractivity contribution in [3.05, 3.63) is 35.9 Å². The summed E-state index contributed by atoms with van der Waals surface area (Å²) in [6.45, 7) is 2.81. The van der Waals surface area contributed by atoms with Gasteiger partial charge in [-0.3, -0.25) is 4.79 Å². The number of carbonyl (C=O) groups excluding carboxylic acids is 2. The maximum Gasteiger partial charge on any atom is 0.317 e. The fourth-order valence-corrected chi connectivity index (χ4v) is 3.72. The van der Waals surface area contributed by atoms with Crippen molar-refractivity contribution in [3.63, 3.8) is 0 Å².